The molecule has 2 aliphatic rings. The third kappa shape index (κ3) is 9.18. The van der Waals surface area contributed by atoms with Gasteiger partial charge in [0.2, 0.25) is 11.8 Å². The van der Waals surface area contributed by atoms with E-state index in [4.69, 9.17) is 0 Å². The fourth-order valence-electron chi connectivity index (χ4n) is 7.78. The maximum absolute atomic E-state index is 14.0. The van der Waals surface area contributed by atoms with Crippen molar-refractivity contribution in [1.82, 2.24) is 9.80 Å². The number of Topliss-reactive ketones (excluding diaryl/α,β-unsaturated/α-hetero) is 2. The van der Waals surface area contributed by atoms with Crippen LogP contribution in [-0.2, 0) is 9.59 Å². The molecule has 8 nitrogen and oxygen atoms in total. The van der Waals surface area contributed by atoms with Crippen molar-refractivity contribution >= 4 is 23.4 Å². The number of hydrogen-bond donors (Lipinski definition) is 2. The predicted octanol–water partition coefficient (Wildman–Crippen LogP) is 6.36. The number of carbonyl (C=O) groups excluding carboxylic acids is 4. The van der Waals surface area contributed by atoms with E-state index in [0.717, 1.165) is 51.4 Å². The summed E-state index contributed by atoms with van der Waals surface area (Å²) in [6.07, 6.45) is 8.91. The molecule has 4 rings (SSSR count). The zero-order chi connectivity index (χ0) is 32.7. The summed E-state index contributed by atoms with van der Waals surface area (Å²) >= 11 is 0. The number of phenols is 2. The van der Waals surface area contributed by atoms with Crippen LogP contribution in [0.4, 0.5) is 0 Å². The van der Waals surface area contributed by atoms with Gasteiger partial charge in [0.05, 0.1) is 13.1 Å². The summed E-state index contributed by atoms with van der Waals surface area (Å²) in [4.78, 5) is 56.3. The van der Waals surface area contributed by atoms with Crippen LogP contribution < -0.4 is 0 Å². The Morgan fingerprint density at radius 1 is 0.756 bits per heavy atom. The van der Waals surface area contributed by atoms with E-state index in [-0.39, 0.29) is 83.1 Å². The van der Waals surface area contributed by atoms with Crippen LogP contribution in [0.3, 0.4) is 0 Å². The molecule has 2 aromatic rings. The lowest BCUT2D eigenvalue weighted by molar-refractivity contribution is -0.138. The van der Waals surface area contributed by atoms with Gasteiger partial charge in [-0.2, -0.15) is 0 Å². The molecular formula is C37H50N2O6. The topological polar surface area (TPSA) is 115 Å². The Kier molecular flexibility index (Phi) is 11.8. The number of amides is 2. The second-order valence-corrected chi connectivity index (χ2v) is 13.8. The number of hydrogen-bond acceptors (Lipinski definition) is 6. The number of likely N-dealkylation sites (N-methyl/N-ethyl adjacent to an activating group) is 2. The fourth-order valence-corrected chi connectivity index (χ4v) is 7.78. The smallest absolute Gasteiger partial charge is 0.226 e. The molecule has 5 atom stereocenters. The van der Waals surface area contributed by atoms with Gasteiger partial charge in [-0.25, -0.2) is 0 Å². The van der Waals surface area contributed by atoms with Gasteiger partial charge in [0.25, 0.3) is 0 Å². The van der Waals surface area contributed by atoms with Crippen LogP contribution in [0.5, 0.6) is 11.5 Å². The number of phenolic OH excluding ortho intramolecular Hbond substituents is 2. The SMILES string of the molecule is CC1CC(C[C@H](C(=O)N(C)CC(=O)c2cc(O)cc(O)c2)C2CCCCC2)CC(C(C)C(=O)N(C)CC(=O)c2ccccc2)C1. The van der Waals surface area contributed by atoms with E-state index in [9.17, 15) is 29.4 Å². The molecule has 2 aromatic carbocycles. The van der Waals surface area contributed by atoms with Crippen molar-refractivity contribution in [3.8, 4) is 11.5 Å². The van der Waals surface area contributed by atoms with Crippen LogP contribution in [0.25, 0.3) is 0 Å². The first-order valence-electron chi connectivity index (χ1n) is 16.6. The summed E-state index contributed by atoms with van der Waals surface area (Å²) < 4.78 is 0. The lowest BCUT2D eigenvalue weighted by Gasteiger charge is -2.40. The maximum atomic E-state index is 14.0. The summed E-state index contributed by atoms with van der Waals surface area (Å²) in [5.74, 6) is -0.164. The summed E-state index contributed by atoms with van der Waals surface area (Å²) in [5, 5.41) is 19.7. The quantitative estimate of drug-likeness (QED) is 0.268. The summed E-state index contributed by atoms with van der Waals surface area (Å²) in [7, 11) is 3.37. The molecule has 8 heteroatoms. The van der Waals surface area contributed by atoms with Crippen molar-refractivity contribution in [2.24, 2.45) is 35.5 Å². The molecule has 2 aliphatic carbocycles. The highest BCUT2D eigenvalue weighted by molar-refractivity contribution is 6.00. The minimum Gasteiger partial charge on any atom is -0.508 e. The fraction of sp³-hybridized carbons (Fsp3) is 0.568. The largest absolute Gasteiger partial charge is 0.508 e. The molecule has 2 fully saturated rings. The lowest BCUT2D eigenvalue weighted by atomic mass is 9.66. The Morgan fingerprint density at radius 3 is 1.96 bits per heavy atom. The molecule has 0 heterocycles. The lowest BCUT2D eigenvalue weighted by Crippen LogP contribution is -2.42. The number of aromatic hydroxyl groups is 2. The van der Waals surface area contributed by atoms with Crippen molar-refractivity contribution in [3.05, 3.63) is 59.7 Å². The first kappa shape index (κ1) is 34.2. The van der Waals surface area contributed by atoms with Gasteiger partial charge in [-0.1, -0.05) is 63.4 Å². The first-order chi connectivity index (χ1) is 21.4. The van der Waals surface area contributed by atoms with Crippen molar-refractivity contribution in [2.75, 3.05) is 27.2 Å². The van der Waals surface area contributed by atoms with Gasteiger partial charge in [-0.3, -0.25) is 19.2 Å². The molecule has 45 heavy (non-hydrogen) atoms. The highest BCUT2D eigenvalue weighted by Gasteiger charge is 2.39. The molecule has 0 radical (unpaired) electrons. The Morgan fingerprint density at radius 2 is 1.33 bits per heavy atom. The third-order valence-electron chi connectivity index (χ3n) is 10.1. The average molecular weight is 619 g/mol. The molecule has 0 bridgehead atoms. The predicted molar refractivity (Wildman–Crippen MR) is 174 cm³/mol. The van der Waals surface area contributed by atoms with E-state index in [1.807, 2.05) is 25.1 Å². The Balaban J connectivity index is 1.42. The minimum atomic E-state index is -0.340. The van der Waals surface area contributed by atoms with Gasteiger partial charge in [0.1, 0.15) is 11.5 Å². The zero-order valence-corrected chi connectivity index (χ0v) is 27.3. The molecule has 2 amide bonds. The van der Waals surface area contributed by atoms with Gasteiger partial charge >= 0.3 is 0 Å². The average Bonchev–Trinajstić information content (AvgIpc) is 3.02. The van der Waals surface area contributed by atoms with Gasteiger partial charge < -0.3 is 20.0 Å². The van der Waals surface area contributed by atoms with E-state index in [1.54, 1.807) is 31.1 Å². The summed E-state index contributed by atoms with van der Waals surface area (Å²) in [5.41, 5.74) is 0.765. The second kappa shape index (κ2) is 15.5. The van der Waals surface area contributed by atoms with E-state index in [1.165, 1.54) is 29.5 Å². The molecule has 0 saturated heterocycles. The van der Waals surface area contributed by atoms with Crippen molar-refractivity contribution < 1.29 is 29.4 Å². The van der Waals surface area contributed by atoms with Crippen LogP contribution in [0.2, 0.25) is 0 Å². The molecule has 2 saturated carbocycles. The number of ketones is 2. The Hall–Kier alpha value is -3.68. The van der Waals surface area contributed by atoms with Crippen LogP contribution in [-0.4, -0.2) is 70.6 Å². The molecular weight excluding hydrogens is 568 g/mol. The minimum absolute atomic E-state index is 0.0201. The molecule has 244 valence electrons. The van der Waals surface area contributed by atoms with Gasteiger partial charge in [-0.15, -0.1) is 0 Å². The molecule has 4 unspecified atom stereocenters. The van der Waals surface area contributed by atoms with E-state index in [0.29, 0.717) is 11.5 Å². The van der Waals surface area contributed by atoms with Crippen LogP contribution >= 0.6 is 0 Å². The van der Waals surface area contributed by atoms with E-state index in [2.05, 4.69) is 6.92 Å². The van der Waals surface area contributed by atoms with Gasteiger partial charge in [-0.05, 0) is 74.3 Å². The first-order valence-corrected chi connectivity index (χ1v) is 16.6. The Labute approximate surface area is 267 Å². The summed E-state index contributed by atoms with van der Waals surface area (Å²) in [6, 6.07) is 12.8. The van der Waals surface area contributed by atoms with Gasteiger partial charge in [0, 0.05) is 43.1 Å². The van der Waals surface area contributed by atoms with Crippen LogP contribution in [0.1, 0.15) is 92.4 Å². The number of carbonyl (C=O) groups is 4. The molecule has 0 aliphatic heterocycles. The molecule has 0 spiro atoms. The van der Waals surface area contributed by atoms with E-state index < -0.39 is 0 Å². The third-order valence-corrected chi connectivity index (χ3v) is 10.1. The monoisotopic (exact) mass is 618 g/mol. The second-order valence-electron chi connectivity index (χ2n) is 13.8. The maximum Gasteiger partial charge on any atom is 0.226 e. The molecule has 0 aromatic heterocycles. The van der Waals surface area contributed by atoms with Crippen LogP contribution in [0.15, 0.2) is 48.5 Å². The van der Waals surface area contributed by atoms with Crippen LogP contribution in [0, 0.1) is 35.5 Å². The highest BCUT2D eigenvalue weighted by Crippen LogP contribution is 2.43. The van der Waals surface area contributed by atoms with E-state index >= 15 is 0 Å². The van der Waals surface area contributed by atoms with Crippen molar-refractivity contribution in [3.63, 3.8) is 0 Å². The standard InChI is InChI=1S/C37H50N2O6/c1-24-15-26(17-29(16-24)25(2)36(44)38(3)22-34(42)28-13-9-6-10-14-28)18-33(27-11-7-5-8-12-27)37(45)39(4)23-35(43)30-19-31(40)21-32(41)20-30/h6,9-10,13-14,19-21,24-27,29,33,40-41H,5,7-8,11-12,15-18,22-23H2,1-4H3/t24?,25?,26?,29?,33-/m0/s1. The highest BCUT2D eigenvalue weighted by atomic mass is 16.3. The number of rotatable bonds is 12. The number of benzene rings is 2. The van der Waals surface area contributed by atoms with Crippen molar-refractivity contribution in [2.45, 2.75) is 71.6 Å². The molecule has 2 N–H and O–H groups in total. The van der Waals surface area contributed by atoms with Crippen molar-refractivity contribution in [1.29, 1.82) is 0 Å². The number of nitrogens with zero attached hydrogens (tertiary/aromatic N) is 2. The summed E-state index contributed by atoms with van der Waals surface area (Å²) in [6.45, 7) is 4.12. The van der Waals surface area contributed by atoms with Gasteiger partial charge in [0.15, 0.2) is 11.6 Å². The Bertz CT molecular complexity index is 1320. The normalized spacial score (nSPS) is 21.8. The zero-order valence-electron chi connectivity index (χ0n) is 27.3.